The molecule has 0 fully saturated rings. The van der Waals surface area contributed by atoms with E-state index in [9.17, 15) is 9.59 Å². The third kappa shape index (κ3) is 2.03. The van der Waals surface area contributed by atoms with Crippen molar-refractivity contribution in [2.75, 3.05) is 0 Å². The minimum atomic E-state index is -0.508. The highest BCUT2D eigenvalue weighted by molar-refractivity contribution is 6.08. The number of benzene rings is 1. The molecule has 0 saturated heterocycles. The van der Waals surface area contributed by atoms with Crippen LogP contribution in [0.15, 0.2) is 48.7 Å². The first-order valence-corrected chi connectivity index (χ1v) is 7.39. The number of imide groups is 1. The van der Waals surface area contributed by atoms with Crippen LogP contribution < -0.4 is 0 Å². The lowest BCUT2D eigenvalue weighted by Gasteiger charge is -2.30. The van der Waals surface area contributed by atoms with Gasteiger partial charge in [0.15, 0.2) is 5.65 Å². The maximum Gasteiger partial charge on any atom is 0.296 e. The van der Waals surface area contributed by atoms with E-state index in [1.54, 1.807) is 29.8 Å². The van der Waals surface area contributed by atoms with Gasteiger partial charge in [-0.2, -0.15) is 0 Å². The van der Waals surface area contributed by atoms with E-state index in [1.807, 2.05) is 30.3 Å². The standard InChI is InChI=1S/C17H14N4O2/c1-11-16(22)20(10-12-6-3-2-4-7-12)17(23)15-19-13-8-5-9-18-14(13)21(11)15/h2-9,11H,10H2,1H3/t11-/m0/s1. The second kappa shape index (κ2) is 5.01. The van der Waals surface area contributed by atoms with Crippen molar-refractivity contribution in [3.05, 3.63) is 60.0 Å². The lowest BCUT2D eigenvalue weighted by atomic mass is 10.1. The Kier molecular flexibility index (Phi) is 2.97. The summed E-state index contributed by atoms with van der Waals surface area (Å²) >= 11 is 0. The average Bonchev–Trinajstić information content (AvgIpc) is 2.97. The van der Waals surface area contributed by atoms with Crippen molar-refractivity contribution in [2.45, 2.75) is 19.5 Å². The van der Waals surface area contributed by atoms with Gasteiger partial charge in [0.2, 0.25) is 5.82 Å². The maximum absolute atomic E-state index is 12.7. The summed E-state index contributed by atoms with van der Waals surface area (Å²) in [5.41, 5.74) is 2.09. The topological polar surface area (TPSA) is 68.1 Å². The zero-order valence-corrected chi connectivity index (χ0v) is 12.5. The summed E-state index contributed by atoms with van der Waals surface area (Å²) < 4.78 is 1.63. The summed E-state index contributed by atoms with van der Waals surface area (Å²) in [4.78, 5) is 35.3. The van der Waals surface area contributed by atoms with Crippen molar-refractivity contribution >= 4 is 23.0 Å². The molecule has 114 valence electrons. The monoisotopic (exact) mass is 306 g/mol. The van der Waals surface area contributed by atoms with Crippen LogP contribution in [0, 0.1) is 0 Å². The summed E-state index contributed by atoms with van der Waals surface area (Å²) in [6, 6.07) is 12.5. The van der Waals surface area contributed by atoms with Crippen LogP contribution in [-0.4, -0.2) is 31.2 Å². The van der Waals surface area contributed by atoms with Gasteiger partial charge < -0.3 is 0 Å². The molecular weight excluding hydrogens is 292 g/mol. The molecule has 1 aliphatic heterocycles. The third-order valence-electron chi connectivity index (χ3n) is 4.08. The molecule has 0 N–H and O–H groups in total. The molecule has 1 atom stereocenters. The van der Waals surface area contributed by atoms with Crippen molar-refractivity contribution in [1.82, 2.24) is 19.4 Å². The first kappa shape index (κ1) is 13.6. The van der Waals surface area contributed by atoms with Gasteiger partial charge in [-0.25, -0.2) is 9.97 Å². The molecule has 0 spiro atoms. The van der Waals surface area contributed by atoms with Crippen molar-refractivity contribution in [3.8, 4) is 0 Å². The van der Waals surface area contributed by atoms with E-state index < -0.39 is 6.04 Å². The molecular formula is C17H14N4O2. The number of nitrogens with zero attached hydrogens (tertiary/aromatic N) is 4. The van der Waals surface area contributed by atoms with Gasteiger partial charge in [0.05, 0.1) is 6.54 Å². The number of rotatable bonds is 2. The quantitative estimate of drug-likeness (QED) is 0.681. The van der Waals surface area contributed by atoms with Crippen LogP contribution in [0.5, 0.6) is 0 Å². The van der Waals surface area contributed by atoms with Gasteiger partial charge in [-0.3, -0.25) is 19.1 Å². The second-order valence-electron chi connectivity index (χ2n) is 5.54. The van der Waals surface area contributed by atoms with Gasteiger partial charge in [0.25, 0.3) is 11.8 Å². The fourth-order valence-electron chi connectivity index (χ4n) is 2.92. The van der Waals surface area contributed by atoms with E-state index >= 15 is 0 Å². The Balaban J connectivity index is 1.81. The molecule has 0 bridgehead atoms. The molecule has 6 heteroatoms. The first-order chi connectivity index (χ1) is 11.2. The molecule has 0 radical (unpaired) electrons. The van der Waals surface area contributed by atoms with Crippen LogP contribution in [0.2, 0.25) is 0 Å². The molecule has 0 saturated carbocycles. The molecule has 3 heterocycles. The number of imidazole rings is 1. The molecule has 1 aliphatic rings. The molecule has 23 heavy (non-hydrogen) atoms. The van der Waals surface area contributed by atoms with E-state index in [1.165, 1.54) is 4.90 Å². The van der Waals surface area contributed by atoms with Crippen molar-refractivity contribution < 1.29 is 9.59 Å². The van der Waals surface area contributed by atoms with Crippen molar-refractivity contribution in [3.63, 3.8) is 0 Å². The number of carbonyl (C=O) groups is 2. The molecule has 1 aromatic carbocycles. The summed E-state index contributed by atoms with van der Waals surface area (Å²) in [5.74, 6) is -0.354. The molecule has 2 amide bonds. The van der Waals surface area contributed by atoms with Gasteiger partial charge in [-0.1, -0.05) is 30.3 Å². The predicted molar refractivity (Wildman–Crippen MR) is 83.6 cm³/mol. The number of amides is 2. The minimum Gasteiger partial charge on any atom is -0.292 e. The first-order valence-electron chi connectivity index (χ1n) is 7.39. The largest absolute Gasteiger partial charge is 0.296 e. The van der Waals surface area contributed by atoms with Crippen molar-refractivity contribution in [1.29, 1.82) is 0 Å². The Morgan fingerprint density at radius 2 is 1.87 bits per heavy atom. The lowest BCUT2D eigenvalue weighted by molar-refractivity contribution is -0.133. The summed E-state index contributed by atoms with van der Waals surface area (Å²) in [5, 5.41) is 0. The fraction of sp³-hybridized carbons (Fsp3) is 0.176. The predicted octanol–water partition coefficient (Wildman–Crippen LogP) is 2.17. The average molecular weight is 306 g/mol. The highest BCUT2D eigenvalue weighted by atomic mass is 16.2. The third-order valence-corrected chi connectivity index (χ3v) is 4.08. The second-order valence-corrected chi connectivity index (χ2v) is 5.54. The summed E-state index contributed by atoms with van der Waals surface area (Å²) in [6.45, 7) is 2.02. The van der Waals surface area contributed by atoms with Crippen LogP contribution in [0.25, 0.3) is 11.2 Å². The van der Waals surface area contributed by atoms with E-state index in [4.69, 9.17) is 0 Å². The van der Waals surface area contributed by atoms with E-state index in [-0.39, 0.29) is 24.2 Å². The Morgan fingerprint density at radius 3 is 2.65 bits per heavy atom. The smallest absolute Gasteiger partial charge is 0.292 e. The summed E-state index contributed by atoms with van der Waals surface area (Å²) in [7, 11) is 0. The van der Waals surface area contributed by atoms with Gasteiger partial charge in [0.1, 0.15) is 11.6 Å². The Labute approximate surface area is 132 Å². The van der Waals surface area contributed by atoms with E-state index in [0.717, 1.165) is 5.56 Å². The SMILES string of the molecule is C[C@H]1C(=O)N(Cc2ccccc2)C(=O)c2nc3cccnc3n21. The number of fused-ring (bicyclic) bond motifs is 3. The fourth-order valence-corrected chi connectivity index (χ4v) is 2.92. The Morgan fingerprint density at radius 1 is 1.09 bits per heavy atom. The van der Waals surface area contributed by atoms with Gasteiger partial charge in [-0.15, -0.1) is 0 Å². The maximum atomic E-state index is 12.7. The van der Waals surface area contributed by atoms with Crippen molar-refractivity contribution in [2.24, 2.45) is 0 Å². The Bertz CT molecular complexity index is 917. The van der Waals surface area contributed by atoms with Crippen LogP contribution >= 0.6 is 0 Å². The number of hydrogen-bond donors (Lipinski definition) is 0. The molecule has 4 rings (SSSR count). The molecule has 2 aromatic heterocycles. The Hall–Kier alpha value is -3.02. The zero-order chi connectivity index (χ0) is 16.0. The molecule has 6 nitrogen and oxygen atoms in total. The molecule has 0 aliphatic carbocycles. The normalized spacial score (nSPS) is 17.6. The molecule has 0 unspecified atom stereocenters. The van der Waals surface area contributed by atoms with Crippen LogP contribution in [0.1, 0.15) is 29.1 Å². The number of aromatic nitrogens is 3. The van der Waals surface area contributed by atoms with E-state index in [2.05, 4.69) is 9.97 Å². The van der Waals surface area contributed by atoms with Crippen LogP contribution in [0.3, 0.4) is 0 Å². The number of hydrogen-bond acceptors (Lipinski definition) is 4. The van der Waals surface area contributed by atoms with Gasteiger partial charge >= 0.3 is 0 Å². The van der Waals surface area contributed by atoms with Gasteiger partial charge in [0, 0.05) is 6.20 Å². The van der Waals surface area contributed by atoms with Gasteiger partial charge in [-0.05, 0) is 24.6 Å². The highest BCUT2D eigenvalue weighted by Gasteiger charge is 2.39. The number of pyridine rings is 1. The van der Waals surface area contributed by atoms with Crippen LogP contribution in [-0.2, 0) is 11.3 Å². The van der Waals surface area contributed by atoms with E-state index in [0.29, 0.717) is 11.2 Å². The number of carbonyl (C=O) groups excluding carboxylic acids is 2. The minimum absolute atomic E-state index is 0.240. The highest BCUT2D eigenvalue weighted by Crippen LogP contribution is 2.27. The summed E-state index contributed by atoms with van der Waals surface area (Å²) in [6.07, 6.45) is 1.63. The van der Waals surface area contributed by atoms with Crippen LogP contribution in [0.4, 0.5) is 0 Å². The zero-order valence-electron chi connectivity index (χ0n) is 12.5. The lowest BCUT2D eigenvalue weighted by Crippen LogP contribution is -2.46. The molecule has 3 aromatic rings.